The normalized spacial score (nSPS) is 15.5. The third-order valence-corrected chi connectivity index (χ3v) is 4.90. The SMILES string of the molecule is CNCC(C(C)C)C(c1cc(Br)cs1)N(C)C. The molecule has 1 aromatic heterocycles. The maximum Gasteiger partial charge on any atom is 0.0478 e. The lowest BCUT2D eigenvalue weighted by atomic mass is 9.86. The average Bonchev–Trinajstić information content (AvgIpc) is 2.63. The molecule has 4 heteroatoms. The van der Waals surface area contributed by atoms with E-state index in [1.54, 1.807) is 0 Å². The van der Waals surface area contributed by atoms with Gasteiger partial charge in [0, 0.05) is 20.8 Å². The summed E-state index contributed by atoms with van der Waals surface area (Å²) >= 11 is 5.39. The molecule has 2 nitrogen and oxygen atoms in total. The minimum absolute atomic E-state index is 0.485. The first-order valence-corrected chi connectivity index (χ1v) is 7.69. The number of nitrogens with one attached hydrogen (secondary N) is 1. The van der Waals surface area contributed by atoms with Crippen molar-refractivity contribution in [3.8, 4) is 0 Å². The van der Waals surface area contributed by atoms with Crippen molar-refractivity contribution in [2.45, 2.75) is 19.9 Å². The monoisotopic (exact) mass is 318 g/mol. The van der Waals surface area contributed by atoms with Crippen molar-refractivity contribution in [3.05, 3.63) is 20.8 Å². The number of hydrogen-bond donors (Lipinski definition) is 1. The van der Waals surface area contributed by atoms with Crippen LogP contribution < -0.4 is 5.32 Å². The number of hydrogen-bond acceptors (Lipinski definition) is 3. The van der Waals surface area contributed by atoms with Gasteiger partial charge >= 0.3 is 0 Å². The highest BCUT2D eigenvalue weighted by atomic mass is 79.9. The minimum Gasteiger partial charge on any atom is -0.319 e. The lowest BCUT2D eigenvalue weighted by molar-refractivity contribution is 0.172. The molecule has 0 aliphatic carbocycles. The lowest BCUT2D eigenvalue weighted by Gasteiger charge is -2.34. The van der Waals surface area contributed by atoms with Crippen molar-refractivity contribution in [1.82, 2.24) is 10.2 Å². The van der Waals surface area contributed by atoms with Gasteiger partial charge in [0.05, 0.1) is 0 Å². The van der Waals surface area contributed by atoms with Crippen LogP contribution in [-0.4, -0.2) is 32.6 Å². The molecule has 2 atom stereocenters. The molecule has 1 N–H and O–H groups in total. The highest BCUT2D eigenvalue weighted by molar-refractivity contribution is 9.10. The number of rotatable bonds is 6. The maximum atomic E-state index is 3.55. The van der Waals surface area contributed by atoms with E-state index in [-0.39, 0.29) is 0 Å². The fraction of sp³-hybridized carbons (Fsp3) is 0.692. The van der Waals surface area contributed by atoms with E-state index >= 15 is 0 Å². The van der Waals surface area contributed by atoms with Gasteiger partial charge in [0.15, 0.2) is 0 Å². The van der Waals surface area contributed by atoms with Crippen LogP contribution >= 0.6 is 27.3 Å². The molecule has 0 spiro atoms. The van der Waals surface area contributed by atoms with Crippen LogP contribution in [0.4, 0.5) is 0 Å². The Labute approximate surface area is 118 Å². The molecule has 0 fully saturated rings. The number of nitrogens with zero attached hydrogens (tertiary/aromatic N) is 1. The van der Waals surface area contributed by atoms with E-state index in [0.717, 1.165) is 6.54 Å². The van der Waals surface area contributed by atoms with Crippen molar-refractivity contribution in [2.75, 3.05) is 27.7 Å². The highest BCUT2D eigenvalue weighted by Crippen LogP contribution is 2.36. The van der Waals surface area contributed by atoms with Gasteiger partial charge in [-0.2, -0.15) is 0 Å². The summed E-state index contributed by atoms with van der Waals surface area (Å²) in [5, 5.41) is 5.50. The Morgan fingerprint density at radius 1 is 1.41 bits per heavy atom. The van der Waals surface area contributed by atoms with Crippen LogP contribution in [0.3, 0.4) is 0 Å². The Morgan fingerprint density at radius 2 is 2.06 bits per heavy atom. The Kier molecular flexibility index (Phi) is 6.13. The van der Waals surface area contributed by atoms with Gasteiger partial charge in [-0.05, 0) is 61.5 Å². The summed E-state index contributed by atoms with van der Waals surface area (Å²) in [5.41, 5.74) is 0. The summed E-state index contributed by atoms with van der Waals surface area (Å²) in [6.07, 6.45) is 0. The maximum absolute atomic E-state index is 3.55. The summed E-state index contributed by atoms with van der Waals surface area (Å²) in [6, 6.07) is 2.74. The molecule has 0 saturated heterocycles. The van der Waals surface area contributed by atoms with E-state index in [1.165, 1.54) is 9.35 Å². The molecule has 0 saturated carbocycles. The molecule has 1 rings (SSSR count). The van der Waals surface area contributed by atoms with E-state index in [9.17, 15) is 0 Å². The molecule has 1 aromatic rings. The fourth-order valence-corrected chi connectivity index (χ4v) is 3.99. The van der Waals surface area contributed by atoms with E-state index in [4.69, 9.17) is 0 Å². The van der Waals surface area contributed by atoms with Gasteiger partial charge in [0.25, 0.3) is 0 Å². The second-order valence-corrected chi connectivity index (χ2v) is 6.90. The summed E-state index contributed by atoms with van der Waals surface area (Å²) in [6.45, 7) is 5.67. The van der Waals surface area contributed by atoms with Crippen molar-refractivity contribution in [2.24, 2.45) is 11.8 Å². The first-order valence-electron chi connectivity index (χ1n) is 6.02. The number of thiophene rings is 1. The van der Waals surface area contributed by atoms with Crippen molar-refractivity contribution >= 4 is 27.3 Å². The Morgan fingerprint density at radius 3 is 2.41 bits per heavy atom. The molecular formula is C13H23BrN2S. The largest absolute Gasteiger partial charge is 0.319 e. The van der Waals surface area contributed by atoms with E-state index in [2.05, 4.69) is 65.5 Å². The van der Waals surface area contributed by atoms with Gasteiger partial charge in [-0.25, -0.2) is 0 Å². The standard InChI is InChI=1S/C13H23BrN2S/c1-9(2)11(7-15-3)13(16(4)5)12-6-10(14)8-17-12/h6,8-9,11,13,15H,7H2,1-5H3. The van der Waals surface area contributed by atoms with Crippen LogP contribution in [0.2, 0.25) is 0 Å². The third kappa shape index (κ3) is 4.05. The summed E-state index contributed by atoms with van der Waals surface area (Å²) in [5.74, 6) is 1.29. The zero-order chi connectivity index (χ0) is 13.0. The van der Waals surface area contributed by atoms with Crippen LogP contribution in [0.15, 0.2) is 15.9 Å². The van der Waals surface area contributed by atoms with Crippen molar-refractivity contribution in [3.63, 3.8) is 0 Å². The Hall–Kier alpha value is 0.1000. The molecule has 0 aliphatic heterocycles. The number of halogens is 1. The molecule has 0 amide bonds. The molecule has 17 heavy (non-hydrogen) atoms. The lowest BCUT2D eigenvalue weighted by Crippen LogP contribution is -2.35. The molecule has 0 aromatic carbocycles. The molecule has 1 heterocycles. The fourth-order valence-electron chi connectivity index (χ4n) is 2.28. The van der Waals surface area contributed by atoms with Crippen LogP contribution in [0, 0.1) is 11.8 Å². The van der Waals surface area contributed by atoms with Crippen LogP contribution in [-0.2, 0) is 0 Å². The second kappa shape index (κ2) is 6.88. The predicted molar refractivity (Wildman–Crippen MR) is 80.7 cm³/mol. The van der Waals surface area contributed by atoms with Gasteiger partial charge in [-0.1, -0.05) is 13.8 Å². The molecule has 0 radical (unpaired) electrons. The topological polar surface area (TPSA) is 15.3 Å². The highest BCUT2D eigenvalue weighted by Gasteiger charge is 2.28. The molecule has 2 unspecified atom stereocenters. The van der Waals surface area contributed by atoms with E-state index in [0.29, 0.717) is 17.9 Å². The first kappa shape index (κ1) is 15.2. The molecular weight excluding hydrogens is 296 g/mol. The zero-order valence-corrected chi connectivity index (χ0v) is 13.7. The molecule has 0 bridgehead atoms. The quantitative estimate of drug-likeness (QED) is 0.862. The zero-order valence-electron chi connectivity index (χ0n) is 11.3. The van der Waals surface area contributed by atoms with Gasteiger partial charge in [0.1, 0.15) is 0 Å². The Bertz CT molecular complexity index is 336. The minimum atomic E-state index is 0.485. The van der Waals surface area contributed by atoms with Crippen molar-refractivity contribution < 1.29 is 0 Å². The van der Waals surface area contributed by atoms with Gasteiger partial charge in [-0.15, -0.1) is 11.3 Å². The second-order valence-electron chi connectivity index (χ2n) is 5.04. The molecule has 98 valence electrons. The average molecular weight is 319 g/mol. The summed E-state index contributed by atoms with van der Waals surface area (Å²) < 4.78 is 1.19. The van der Waals surface area contributed by atoms with Crippen LogP contribution in [0.25, 0.3) is 0 Å². The molecule has 0 aliphatic rings. The van der Waals surface area contributed by atoms with Crippen LogP contribution in [0.1, 0.15) is 24.8 Å². The third-order valence-electron chi connectivity index (χ3n) is 3.14. The van der Waals surface area contributed by atoms with Gasteiger partial charge < -0.3 is 10.2 Å². The van der Waals surface area contributed by atoms with Gasteiger partial charge in [-0.3, -0.25) is 0 Å². The summed E-state index contributed by atoms with van der Waals surface area (Å²) in [7, 11) is 6.37. The smallest absolute Gasteiger partial charge is 0.0478 e. The van der Waals surface area contributed by atoms with Crippen LogP contribution in [0.5, 0.6) is 0 Å². The van der Waals surface area contributed by atoms with Gasteiger partial charge in [0.2, 0.25) is 0 Å². The Balaban J connectivity index is 2.98. The predicted octanol–water partition coefficient (Wildman–Crippen LogP) is 3.60. The van der Waals surface area contributed by atoms with E-state index < -0.39 is 0 Å². The first-order chi connectivity index (χ1) is 7.97. The van der Waals surface area contributed by atoms with Crippen molar-refractivity contribution in [1.29, 1.82) is 0 Å². The van der Waals surface area contributed by atoms with E-state index in [1.807, 2.05) is 18.4 Å². The summed E-state index contributed by atoms with van der Waals surface area (Å²) in [4.78, 5) is 3.77.